The third-order valence-electron chi connectivity index (χ3n) is 5.61. The maximum Gasteiger partial charge on any atom is 0.490 e. The average Bonchev–Trinajstić information content (AvgIpc) is 3.53. The highest BCUT2D eigenvalue weighted by molar-refractivity contribution is 5.91. The molecule has 216 valence electrons. The zero-order valence-corrected chi connectivity index (χ0v) is 20.0. The van der Waals surface area contributed by atoms with Crippen molar-refractivity contribution in [3.05, 3.63) is 48.1 Å². The fourth-order valence-corrected chi connectivity index (χ4v) is 3.79. The third-order valence-corrected chi connectivity index (χ3v) is 5.61. The summed E-state index contributed by atoms with van der Waals surface area (Å²) in [5.74, 6) is -4.51. The number of nitrogens with zero attached hydrogens (tertiary/aromatic N) is 3. The number of hydrogen-bond donors (Lipinski definition) is 3. The van der Waals surface area contributed by atoms with E-state index in [1.54, 1.807) is 6.07 Å². The van der Waals surface area contributed by atoms with Crippen LogP contribution in [0.1, 0.15) is 22.7 Å². The van der Waals surface area contributed by atoms with E-state index in [1.807, 2.05) is 18.3 Å². The largest absolute Gasteiger partial charge is 0.490 e. The van der Waals surface area contributed by atoms with Crippen LogP contribution in [0.3, 0.4) is 0 Å². The zero-order valence-electron chi connectivity index (χ0n) is 20.0. The molecule has 2 aliphatic rings. The van der Waals surface area contributed by atoms with Crippen LogP contribution in [0.25, 0.3) is 0 Å². The number of aromatic nitrogens is 2. The molecule has 0 aliphatic carbocycles. The van der Waals surface area contributed by atoms with Crippen LogP contribution in [0.5, 0.6) is 0 Å². The lowest BCUT2D eigenvalue weighted by atomic mass is 9.84. The number of nitrogens with one attached hydrogen (secondary N) is 1. The number of fused-ring (bicyclic) bond motifs is 1. The fourth-order valence-electron chi connectivity index (χ4n) is 3.79. The number of carbonyl (C=O) groups excluding carboxylic acids is 1. The van der Waals surface area contributed by atoms with E-state index in [-0.39, 0.29) is 17.8 Å². The molecule has 2 saturated heterocycles. The van der Waals surface area contributed by atoms with Crippen LogP contribution >= 0.6 is 0 Å². The predicted octanol–water partition coefficient (Wildman–Crippen LogP) is 2.60. The van der Waals surface area contributed by atoms with Gasteiger partial charge in [-0.15, -0.1) is 0 Å². The summed E-state index contributed by atoms with van der Waals surface area (Å²) < 4.78 is 74.3. The van der Waals surface area contributed by atoms with Crippen molar-refractivity contribution in [1.29, 1.82) is 0 Å². The van der Waals surface area contributed by atoms with Crippen molar-refractivity contribution in [2.24, 2.45) is 11.8 Å². The van der Waals surface area contributed by atoms with Crippen molar-refractivity contribution in [2.45, 2.75) is 31.4 Å². The smallest absolute Gasteiger partial charge is 0.475 e. The van der Waals surface area contributed by atoms with Crippen molar-refractivity contribution in [3.8, 4) is 0 Å². The Morgan fingerprint density at radius 1 is 1.03 bits per heavy atom. The van der Waals surface area contributed by atoms with Gasteiger partial charge in [0.1, 0.15) is 0 Å². The first kappa shape index (κ1) is 31.5. The monoisotopic (exact) mass is 570 g/mol. The van der Waals surface area contributed by atoms with E-state index in [9.17, 15) is 31.1 Å². The normalized spacial score (nSPS) is 20.9. The fraction of sp³-hybridized carbons (Fsp3) is 0.500. The van der Waals surface area contributed by atoms with Gasteiger partial charge in [-0.05, 0) is 31.0 Å². The Morgan fingerprint density at radius 3 is 2.18 bits per heavy atom. The molecule has 0 bridgehead atoms. The van der Waals surface area contributed by atoms with Gasteiger partial charge >= 0.3 is 24.3 Å². The summed E-state index contributed by atoms with van der Waals surface area (Å²) >= 11 is 0. The number of rotatable bonds is 5. The number of likely N-dealkylation sites (tertiary alicyclic amines) is 1. The van der Waals surface area contributed by atoms with Crippen LogP contribution in [0, 0.1) is 11.8 Å². The number of amides is 1. The molecule has 4 rings (SSSR count). The highest BCUT2D eigenvalue weighted by Gasteiger charge is 2.41. The first-order valence-corrected chi connectivity index (χ1v) is 11.2. The molecule has 2 aliphatic heterocycles. The maximum absolute atomic E-state index is 12.0. The highest BCUT2D eigenvalue weighted by atomic mass is 19.4. The molecule has 0 aromatic carbocycles. The lowest BCUT2D eigenvalue weighted by Gasteiger charge is -2.35. The van der Waals surface area contributed by atoms with Crippen molar-refractivity contribution in [2.75, 3.05) is 26.2 Å². The molecule has 0 saturated carbocycles. The number of carbonyl (C=O) groups is 3. The number of piperidine rings is 1. The van der Waals surface area contributed by atoms with Gasteiger partial charge in [-0.2, -0.15) is 26.3 Å². The molecule has 1 amide bonds. The molecule has 11 nitrogen and oxygen atoms in total. The quantitative estimate of drug-likeness (QED) is 0.457. The van der Waals surface area contributed by atoms with E-state index in [1.165, 1.54) is 6.20 Å². The van der Waals surface area contributed by atoms with Crippen LogP contribution in [-0.4, -0.2) is 87.8 Å². The second-order valence-corrected chi connectivity index (χ2v) is 8.33. The van der Waals surface area contributed by atoms with Gasteiger partial charge in [0, 0.05) is 37.8 Å². The number of halogens is 6. The molecule has 4 heterocycles. The van der Waals surface area contributed by atoms with Gasteiger partial charge in [-0.3, -0.25) is 14.7 Å². The molecule has 3 atom stereocenters. The van der Waals surface area contributed by atoms with Gasteiger partial charge in [-0.1, -0.05) is 11.2 Å². The Bertz CT molecular complexity index is 1040. The van der Waals surface area contributed by atoms with E-state index in [2.05, 4.69) is 26.4 Å². The summed E-state index contributed by atoms with van der Waals surface area (Å²) in [4.78, 5) is 36.7. The van der Waals surface area contributed by atoms with Gasteiger partial charge in [0.25, 0.3) is 5.91 Å². The Balaban J connectivity index is 0.000000317. The molecular formula is C22H24F6N4O7. The summed E-state index contributed by atoms with van der Waals surface area (Å²) in [5.41, 5.74) is 1.09. The summed E-state index contributed by atoms with van der Waals surface area (Å²) in [6, 6.07) is 7.58. The third kappa shape index (κ3) is 10.5. The van der Waals surface area contributed by atoms with Crippen LogP contribution in [0.15, 0.2) is 41.2 Å². The van der Waals surface area contributed by atoms with E-state index in [4.69, 9.17) is 29.1 Å². The second-order valence-electron chi connectivity index (χ2n) is 8.33. The van der Waals surface area contributed by atoms with Crippen LogP contribution in [0.2, 0.25) is 0 Å². The standard InChI is InChI=1S/C18H22N4O3.2C2HF3O2/c23-18(16-4-7-21-25-16)20-9-17-15-11-22(8-5-13(15)12-24-17)10-14-3-1-2-6-19-14;2*3-2(4,5)1(6)7/h1-4,6-7,13,15,17H,5,8-12H2,(H,20,23);2*(H,6,7)/t13-,15-,17+;;/m0../s1. The minimum Gasteiger partial charge on any atom is -0.475 e. The second kappa shape index (κ2) is 13.9. The molecule has 17 heteroatoms. The number of carboxylic acid groups (broad SMARTS) is 2. The number of hydrogen-bond acceptors (Lipinski definition) is 8. The van der Waals surface area contributed by atoms with Gasteiger partial charge in [0.05, 0.1) is 24.6 Å². The number of aliphatic carboxylic acids is 2. The SMILES string of the molecule is O=C(NC[C@H]1OC[C@@H]2CCN(Cc3ccccn3)C[C@@H]21)c1ccno1.O=C(O)C(F)(F)F.O=C(O)C(F)(F)F. The Labute approximate surface area is 216 Å². The number of pyridine rings is 1. The first-order valence-electron chi connectivity index (χ1n) is 11.2. The Hall–Kier alpha value is -3.73. The molecule has 2 aromatic heterocycles. The number of carboxylic acids is 2. The Kier molecular flexibility index (Phi) is 11.2. The van der Waals surface area contributed by atoms with E-state index in [0.717, 1.165) is 38.4 Å². The number of ether oxygens (including phenoxy) is 1. The van der Waals surface area contributed by atoms with Crippen molar-refractivity contribution < 1.29 is 60.2 Å². The molecule has 39 heavy (non-hydrogen) atoms. The lowest BCUT2D eigenvalue weighted by Crippen LogP contribution is -2.45. The Morgan fingerprint density at radius 2 is 1.67 bits per heavy atom. The first-order chi connectivity index (χ1) is 18.2. The van der Waals surface area contributed by atoms with Gasteiger partial charge < -0.3 is 24.8 Å². The summed E-state index contributed by atoms with van der Waals surface area (Å²) in [7, 11) is 0. The van der Waals surface area contributed by atoms with E-state index in [0.29, 0.717) is 18.4 Å². The van der Waals surface area contributed by atoms with Crippen LogP contribution in [-0.2, 0) is 20.9 Å². The molecule has 2 fully saturated rings. The molecule has 0 spiro atoms. The van der Waals surface area contributed by atoms with Crippen molar-refractivity contribution >= 4 is 17.8 Å². The molecule has 0 radical (unpaired) electrons. The minimum absolute atomic E-state index is 0.0448. The lowest BCUT2D eigenvalue weighted by molar-refractivity contribution is -0.193. The van der Waals surface area contributed by atoms with E-state index < -0.39 is 24.3 Å². The highest BCUT2D eigenvalue weighted by Crippen LogP contribution is 2.34. The molecule has 3 N–H and O–H groups in total. The van der Waals surface area contributed by atoms with Gasteiger partial charge in [0.15, 0.2) is 0 Å². The number of alkyl halides is 6. The molecular weight excluding hydrogens is 546 g/mol. The van der Waals surface area contributed by atoms with Gasteiger partial charge in [0.2, 0.25) is 5.76 Å². The van der Waals surface area contributed by atoms with Gasteiger partial charge in [-0.25, -0.2) is 9.59 Å². The minimum atomic E-state index is -5.08. The van der Waals surface area contributed by atoms with Crippen LogP contribution < -0.4 is 5.32 Å². The topological polar surface area (TPSA) is 155 Å². The molecule has 2 aromatic rings. The maximum atomic E-state index is 12.0. The van der Waals surface area contributed by atoms with Crippen molar-refractivity contribution in [3.63, 3.8) is 0 Å². The van der Waals surface area contributed by atoms with Crippen LogP contribution in [0.4, 0.5) is 26.3 Å². The average molecular weight is 570 g/mol. The zero-order chi connectivity index (χ0) is 29.2. The molecule has 0 unspecified atom stereocenters. The summed E-state index contributed by atoms with van der Waals surface area (Å²) in [5, 5.41) is 20.7. The van der Waals surface area contributed by atoms with Crippen molar-refractivity contribution in [1.82, 2.24) is 20.4 Å². The summed E-state index contributed by atoms with van der Waals surface area (Å²) in [6.45, 7) is 4.19. The summed E-state index contributed by atoms with van der Waals surface area (Å²) in [6.07, 6.45) is -5.69. The van der Waals surface area contributed by atoms with E-state index >= 15 is 0 Å². The predicted molar refractivity (Wildman–Crippen MR) is 117 cm³/mol.